The molecule has 4 rings (SSSR count). The summed E-state index contributed by atoms with van der Waals surface area (Å²) >= 11 is 0. The molecule has 1 aromatic heterocycles. The Bertz CT molecular complexity index is 840. The van der Waals surface area contributed by atoms with Crippen molar-refractivity contribution >= 4 is 22.9 Å². The van der Waals surface area contributed by atoms with Gasteiger partial charge in [0.2, 0.25) is 11.9 Å². The number of fused-ring (bicyclic) bond motifs is 5. The van der Waals surface area contributed by atoms with Gasteiger partial charge >= 0.3 is 0 Å². The van der Waals surface area contributed by atoms with Crippen LogP contribution in [-0.4, -0.2) is 47.4 Å². The number of ether oxygens (including phenoxy) is 1. The Kier molecular flexibility index (Phi) is 2.74. The van der Waals surface area contributed by atoms with Gasteiger partial charge in [0, 0.05) is 21.1 Å². The first-order valence-corrected chi connectivity index (χ1v) is 7.20. The van der Waals surface area contributed by atoms with Crippen LogP contribution in [-0.2, 0) is 11.5 Å². The standard InChI is InChI=1S/C15H18N6O/c1-9-5-6-10-12(17-14(16-10)19(2)3)13-11(9)18-15-20(4)7-22-8-21(13)15/h5-6H,7-8H2,1-4H3. The van der Waals surface area contributed by atoms with Crippen LogP contribution >= 0.6 is 0 Å². The molecule has 0 bridgehead atoms. The third-order valence-electron chi connectivity index (χ3n) is 3.96. The van der Waals surface area contributed by atoms with Crippen LogP contribution < -0.4 is 9.80 Å². The van der Waals surface area contributed by atoms with Gasteiger partial charge in [0.1, 0.15) is 24.7 Å². The van der Waals surface area contributed by atoms with Gasteiger partial charge in [-0.05, 0) is 18.6 Å². The maximum Gasteiger partial charge on any atom is 0.226 e. The van der Waals surface area contributed by atoms with Crippen molar-refractivity contribution in [2.45, 2.75) is 13.7 Å². The Balaban J connectivity index is 2.12. The summed E-state index contributed by atoms with van der Waals surface area (Å²) < 4.78 is 7.71. The molecule has 0 spiro atoms. The molecule has 22 heavy (non-hydrogen) atoms. The van der Waals surface area contributed by atoms with E-state index in [1.807, 2.05) is 37.0 Å². The summed E-state index contributed by atoms with van der Waals surface area (Å²) in [4.78, 5) is 18.0. The van der Waals surface area contributed by atoms with Crippen molar-refractivity contribution in [1.82, 2.24) is 19.5 Å². The van der Waals surface area contributed by atoms with Gasteiger partial charge in [-0.2, -0.15) is 0 Å². The van der Waals surface area contributed by atoms with E-state index in [-0.39, 0.29) is 0 Å². The minimum atomic E-state index is 0.485. The summed E-state index contributed by atoms with van der Waals surface area (Å²) in [5.74, 6) is 1.62. The topological polar surface area (TPSA) is 59.3 Å². The van der Waals surface area contributed by atoms with E-state index in [0.717, 1.165) is 33.9 Å². The van der Waals surface area contributed by atoms with E-state index in [1.165, 1.54) is 0 Å². The van der Waals surface area contributed by atoms with Crippen LogP contribution in [0, 0.1) is 6.92 Å². The van der Waals surface area contributed by atoms with Crippen LogP contribution in [0.2, 0.25) is 0 Å². The Hall–Kier alpha value is -2.41. The quantitative estimate of drug-likeness (QED) is 0.681. The van der Waals surface area contributed by atoms with E-state index < -0.39 is 0 Å². The van der Waals surface area contributed by atoms with Gasteiger partial charge in [0.15, 0.2) is 0 Å². The van der Waals surface area contributed by atoms with Crippen LogP contribution in [0.5, 0.6) is 0 Å². The minimum absolute atomic E-state index is 0.485. The van der Waals surface area contributed by atoms with E-state index in [4.69, 9.17) is 14.7 Å². The predicted octanol–water partition coefficient (Wildman–Crippen LogP) is 1.69. The number of rotatable bonds is 1. The Morgan fingerprint density at radius 1 is 1.14 bits per heavy atom. The molecule has 1 aromatic rings. The fourth-order valence-corrected chi connectivity index (χ4v) is 2.81. The monoisotopic (exact) mass is 298 g/mol. The molecule has 0 unspecified atom stereocenters. The SMILES string of the molecule is Cc1ccc2nc(N(C)C)nc-2c2c1nc1n2COCN1C. The van der Waals surface area contributed by atoms with Crippen molar-refractivity contribution < 1.29 is 4.74 Å². The van der Waals surface area contributed by atoms with Crippen molar-refractivity contribution in [3.05, 3.63) is 17.7 Å². The van der Waals surface area contributed by atoms with E-state index >= 15 is 0 Å². The maximum atomic E-state index is 5.64. The van der Waals surface area contributed by atoms with Crippen molar-refractivity contribution in [3.8, 4) is 11.4 Å². The lowest BCUT2D eigenvalue weighted by Crippen LogP contribution is -2.30. The first-order chi connectivity index (χ1) is 10.6. The molecule has 114 valence electrons. The Morgan fingerprint density at radius 2 is 1.95 bits per heavy atom. The smallest absolute Gasteiger partial charge is 0.226 e. The molecule has 0 radical (unpaired) electrons. The lowest BCUT2D eigenvalue weighted by atomic mass is 10.2. The van der Waals surface area contributed by atoms with Crippen molar-refractivity contribution in [3.63, 3.8) is 0 Å². The third-order valence-corrected chi connectivity index (χ3v) is 3.96. The molecule has 7 nitrogen and oxygen atoms in total. The fraction of sp³-hybridized carbons (Fsp3) is 0.400. The molecule has 0 atom stereocenters. The van der Waals surface area contributed by atoms with Crippen LogP contribution in [0.1, 0.15) is 5.56 Å². The highest BCUT2D eigenvalue weighted by molar-refractivity contribution is 5.93. The molecule has 0 fully saturated rings. The highest BCUT2D eigenvalue weighted by atomic mass is 16.5. The number of aryl methyl sites for hydroxylation is 1. The van der Waals surface area contributed by atoms with Gasteiger partial charge in [-0.3, -0.25) is 4.57 Å². The predicted molar refractivity (Wildman–Crippen MR) is 85.4 cm³/mol. The molecule has 7 heteroatoms. The number of anilines is 2. The second-order valence-corrected chi connectivity index (χ2v) is 5.87. The summed E-state index contributed by atoms with van der Waals surface area (Å²) in [5.41, 5.74) is 4.78. The first kappa shape index (κ1) is 13.3. The van der Waals surface area contributed by atoms with Crippen LogP contribution in [0.15, 0.2) is 12.1 Å². The van der Waals surface area contributed by atoms with Crippen molar-refractivity contribution in [2.24, 2.45) is 0 Å². The number of nitrogens with zero attached hydrogens (tertiary/aromatic N) is 6. The number of hydrogen-bond acceptors (Lipinski definition) is 6. The summed E-state index contributed by atoms with van der Waals surface area (Å²) in [5, 5.41) is 0. The Labute approximate surface area is 128 Å². The normalized spacial score (nSPS) is 14.6. The molecule has 0 amide bonds. The van der Waals surface area contributed by atoms with E-state index in [9.17, 15) is 0 Å². The zero-order valence-corrected chi connectivity index (χ0v) is 13.2. The van der Waals surface area contributed by atoms with Crippen LogP contribution in [0.4, 0.5) is 11.9 Å². The zero-order chi connectivity index (χ0) is 15.4. The summed E-state index contributed by atoms with van der Waals surface area (Å²) in [6.07, 6.45) is 0. The lowest BCUT2D eigenvalue weighted by molar-refractivity contribution is 0.0652. The minimum Gasteiger partial charge on any atom is -0.347 e. The van der Waals surface area contributed by atoms with Gasteiger partial charge in [0.25, 0.3) is 0 Å². The second kappa shape index (κ2) is 4.54. The zero-order valence-electron chi connectivity index (χ0n) is 13.2. The average molecular weight is 298 g/mol. The lowest BCUT2D eigenvalue weighted by Gasteiger charge is -2.25. The molecule has 0 saturated carbocycles. The highest BCUT2D eigenvalue weighted by Crippen LogP contribution is 2.34. The molecule has 0 N–H and O–H groups in total. The molecule has 0 aromatic carbocycles. The first-order valence-electron chi connectivity index (χ1n) is 7.20. The molecule has 3 heterocycles. The van der Waals surface area contributed by atoms with Crippen LogP contribution in [0.25, 0.3) is 22.4 Å². The largest absolute Gasteiger partial charge is 0.347 e. The van der Waals surface area contributed by atoms with E-state index in [2.05, 4.69) is 22.5 Å². The summed E-state index contributed by atoms with van der Waals surface area (Å²) in [7, 11) is 5.87. The molecular weight excluding hydrogens is 280 g/mol. The maximum absolute atomic E-state index is 5.64. The van der Waals surface area contributed by atoms with Crippen molar-refractivity contribution in [2.75, 3.05) is 37.7 Å². The van der Waals surface area contributed by atoms with E-state index in [0.29, 0.717) is 19.4 Å². The summed E-state index contributed by atoms with van der Waals surface area (Å²) in [6, 6.07) is 4.06. The second-order valence-electron chi connectivity index (χ2n) is 5.87. The Morgan fingerprint density at radius 3 is 2.73 bits per heavy atom. The number of imidazole rings is 2. The van der Waals surface area contributed by atoms with Crippen molar-refractivity contribution in [1.29, 1.82) is 0 Å². The third kappa shape index (κ3) is 1.75. The molecule has 1 aliphatic carbocycles. The molecule has 0 saturated heterocycles. The van der Waals surface area contributed by atoms with Gasteiger partial charge in [0.05, 0.1) is 11.2 Å². The average Bonchev–Trinajstić information content (AvgIpc) is 3.03. The van der Waals surface area contributed by atoms with E-state index in [1.54, 1.807) is 0 Å². The van der Waals surface area contributed by atoms with Gasteiger partial charge in [-0.1, -0.05) is 6.07 Å². The summed E-state index contributed by atoms with van der Waals surface area (Å²) in [6.45, 7) is 3.10. The van der Waals surface area contributed by atoms with Gasteiger partial charge < -0.3 is 14.5 Å². The highest BCUT2D eigenvalue weighted by Gasteiger charge is 2.25. The number of aromatic nitrogens is 4. The number of hydrogen-bond donors (Lipinski definition) is 0. The molecule has 3 aliphatic rings. The molecule has 2 aliphatic heterocycles. The van der Waals surface area contributed by atoms with Gasteiger partial charge in [-0.25, -0.2) is 15.0 Å². The molecular formula is C15H18N6O. The van der Waals surface area contributed by atoms with Gasteiger partial charge in [-0.15, -0.1) is 0 Å². The van der Waals surface area contributed by atoms with Crippen LogP contribution in [0.3, 0.4) is 0 Å². The fourth-order valence-electron chi connectivity index (χ4n) is 2.81.